The Morgan fingerprint density at radius 2 is 1.45 bits per heavy atom. The minimum absolute atomic E-state index is 0.703. The highest BCUT2D eigenvalue weighted by Gasteiger charge is 2.15. The molecular formula is C43H43N. The molecule has 1 nitrogen and oxygen atoms in total. The average Bonchev–Trinajstić information content (AvgIpc) is 3.43. The van der Waals surface area contributed by atoms with Crippen molar-refractivity contribution in [2.24, 2.45) is 5.92 Å². The molecule has 5 aromatic carbocycles. The molecule has 0 fully saturated rings. The smallest absolute Gasteiger partial charge is 0.0465 e. The number of benzene rings is 5. The van der Waals surface area contributed by atoms with Crippen LogP contribution in [0.2, 0.25) is 0 Å². The van der Waals surface area contributed by atoms with Gasteiger partial charge in [-0.2, -0.15) is 0 Å². The highest BCUT2D eigenvalue weighted by Crippen LogP contribution is 2.37. The first-order valence-electron chi connectivity index (χ1n) is 16.5. The number of nitrogens with one attached hydrogen (secondary N) is 1. The molecule has 0 aliphatic heterocycles. The molecule has 1 aromatic heterocycles. The first-order valence-corrected chi connectivity index (χ1v) is 16.5. The van der Waals surface area contributed by atoms with Crippen LogP contribution in [0.5, 0.6) is 0 Å². The van der Waals surface area contributed by atoms with E-state index in [9.17, 15) is 0 Å². The van der Waals surface area contributed by atoms with Crippen LogP contribution in [0.1, 0.15) is 60.9 Å². The van der Waals surface area contributed by atoms with E-state index >= 15 is 0 Å². The molecule has 0 radical (unpaired) electrons. The molecule has 0 amide bonds. The van der Waals surface area contributed by atoms with Gasteiger partial charge in [0, 0.05) is 21.8 Å². The van der Waals surface area contributed by atoms with Crippen molar-refractivity contribution in [1.29, 1.82) is 0 Å². The van der Waals surface area contributed by atoms with Gasteiger partial charge in [0.2, 0.25) is 0 Å². The Hall–Kier alpha value is -4.36. The van der Waals surface area contributed by atoms with Crippen LogP contribution in [0, 0.1) is 12.8 Å². The standard InChI is InChI=1S/C43H43N/c1-4-10-34-12-7-8-14-39(34)38-16-9-15-37(30(38)3)36-22-24-43-41(28-36)40-27-32(20-23-42(40)44-43)26-31-18-17-29(2)25-35-13-6-5-11-33(35)21-19-31/h5-9,11-16,19-20,22-24,27-29,44H,4,10,17-18,21,25-26H2,1-3H3/b31-19+. The Balaban J connectivity index is 1.23. The van der Waals surface area contributed by atoms with Crippen LogP contribution in [0.3, 0.4) is 0 Å². The maximum Gasteiger partial charge on any atom is 0.0465 e. The summed E-state index contributed by atoms with van der Waals surface area (Å²) in [5, 5.41) is 2.63. The second-order valence-corrected chi connectivity index (χ2v) is 13.0. The molecule has 1 aliphatic carbocycles. The zero-order valence-corrected chi connectivity index (χ0v) is 26.4. The fraction of sp³-hybridized carbons (Fsp3) is 0.256. The monoisotopic (exact) mass is 573 g/mol. The summed E-state index contributed by atoms with van der Waals surface area (Å²) in [6, 6.07) is 38.7. The summed E-state index contributed by atoms with van der Waals surface area (Å²) >= 11 is 0. The van der Waals surface area contributed by atoms with Crippen molar-refractivity contribution in [1.82, 2.24) is 4.98 Å². The predicted molar refractivity (Wildman–Crippen MR) is 189 cm³/mol. The molecule has 1 aliphatic rings. The lowest BCUT2D eigenvalue weighted by Gasteiger charge is -2.15. The van der Waals surface area contributed by atoms with Crippen LogP contribution in [0.25, 0.3) is 44.1 Å². The van der Waals surface area contributed by atoms with Gasteiger partial charge in [0.1, 0.15) is 0 Å². The van der Waals surface area contributed by atoms with Crippen molar-refractivity contribution in [3.05, 3.63) is 143 Å². The van der Waals surface area contributed by atoms with Gasteiger partial charge < -0.3 is 4.98 Å². The van der Waals surface area contributed by atoms with Gasteiger partial charge in [0.15, 0.2) is 0 Å². The quantitative estimate of drug-likeness (QED) is 0.191. The summed E-state index contributed by atoms with van der Waals surface area (Å²) in [6.45, 7) is 6.96. The molecule has 220 valence electrons. The fourth-order valence-corrected chi connectivity index (χ4v) is 7.38. The third kappa shape index (κ3) is 5.64. The summed E-state index contributed by atoms with van der Waals surface area (Å²) in [4.78, 5) is 3.69. The van der Waals surface area contributed by atoms with E-state index in [1.165, 1.54) is 91.1 Å². The normalized spacial score (nSPS) is 16.6. The first-order chi connectivity index (χ1) is 21.6. The number of hydrogen-bond donors (Lipinski definition) is 1. The van der Waals surface area contributed by atoms with Gasteiger partial charge in [0.25, 0.3) is 0 Å². The van der Waals surface area contributed by atoms with Crippen molar-refractivity contribution in [3.63, 3.8) is 0 Å². The number of aromatic nitrogens is 1. The molecule has 0 saturated carbocycles. The van der Waals surface area contributed by atoms with Crippen molar-refractivity contribution < 1.29 is 0 Å². The average molecular weight is 574 g/mol. The second kappa shape index (κ2) is 12.3. The molecular weight excluding hydrogens is 530 g/mol. The lowest BCUT2D eigenvalue weighted by atomic mass is 9.89. The number of fused-ring (bicyclic) bond motifs is 4. The van der Waals surface area contributed by atoms with E-state index in [4.69, 9.17) is 0 Å². The van der Waals surface area contributed by atoms with Crippen molar-refractivity contribution in [2.75, 3.05) is 0 Å². The summed E-state index contributed by atoms with van der Waals surface area (Å²) in [7, 11) is 0. The van der Waals surface area contributed by atoms with Gasteiger partial charge in [0.05, 0.1) is 0 Å². The summed E-state index contributed by atoms with van der Waals surface area (Å²) in [6.07, 6.45) is 10.5. The first kappa shape index (κ1) is 28.4. The maximum absolute atomic E-state index is 3.69. The van der Waals surface area contributed by atoms with Crippen molar-refractivity contribution >= 4 is 21.8 Å². The number of rotatable bonds is 6. The molecule has 0 spiro atoms. The van der Waals surface area contributed by atoms with E-state index in [0.29, 0.717) is 5.92 Å². The zero-order chi connectivity index (χ0) is 30.0. The Bertz CT molecular complexity index is 1980. The number of H-pyrrole nitrogens is 1. The zero-order valence-electron chi connectivity index (χ0n) is 26.4. The molecule has 1 atom stereocenters. The molecule has 1 heteroatoms. The molecule has 1 N–H and O–H groups in total. The third-order valence-electron chi connectivity index (χ3n) is 9.82. The lowest BCUT2D eigenvalue weighted by molar-refractivity contribution is 0.527. The minimum atomic E-state index is 0.703. The third-order valence-corrected chi connectivity index (χ3v) is 9.82. The highest BCUT2D eigenvalue weighted by molar-refractivity contribution is 6.09. The van der Waals surface area contributed by atoms with E-state index in [0.717, 1.165) is 25.7 Å². The van der Waals surface area contributed by atoms with E-state index < -0.39 is 0 Å². The highest BCUT2D eigenvalue weighted by atomic mass is 14.7. The Labute approximate surface area is 262 Å². The molecule has 44 heavy (non-hydrogen) atoms. The van der Waals surface area contributed by atoms with Gasteiger partial charge in [-0.15, -0.1) is 0 Å². The van der Waals surface area contributed by atoms with Crippen LogP contribution < -0.4 is 0 Å². The number of allylic oxidation sites excluding steroid dienone is 2. The van der Waals surface area contributed by atoms with Gasteiger partial charge in [-0.3, -0.25) is 0 Å². The molecule has 0 bridgehead atoms. The largest absolute Gasteiger partial charge is 0.355 e. The van der Waals surface area contributed by atoms with E-state index in [1.54, 1.807) is 5.57 Å². The van der Waals surface area contributed by atoms with Gasteiger partial charge in [-0.25, -0.2) is 0 Å². The van der Waals surface area contributed by atoms with Crippen LogP contribution in [0.15, 0.2) is 115 Å². The van der Waals surface area contributed by atoms with Gasteiger partial charge in [-0.05, 0) is 126 Å². The van der Waals surface area contributed by atoms with Crippen molar-refractivity contribution in [3.8, 4) is 22.3 Å². The van der Waals surface area contributed by atoms with E-state index in [1.807, 2.05) is 0 Å². The summed E-state index contributed by atoms with van der Waals surface area (Å²) in [5.41, 5.74) is 16.5. The van der Waals surface area contributed by atoms with Crippen LogP contribution in [-0.4, -0.2) is 4.98 Å². The summed E-state index contributed by atoms with van der Waals surface area (Å²) < 4.78 is 0. The Morgan fingerprint density at radius 3 is 2.32 bits per heavy atom. The molecule has 7 rings (SSSR count). The van der Waals surface area contributed by atoms with Gasteiger partial charge >= 0.3 is 0 Å². The van der Waals surface area contributed by atoms with Crippen molar-refractivity contribution in [2.45, 2.75) is 65.7 Å². The summed E-state index contributed by atoms with van der Waals surface area (Å²) in [5.74, 6) is 0.703. The Morgan fingerprint density at radius 1 is 0.727 bits per heavy atom. The van der Waals surface area contributed by atoms with E-state index in [-0.39, 0.29) is 0 Å². The van der Waals surface area contributed by atoms with E-state index in [2.05, 4.69) is 135 Å². The molecule has 1 heterocycles. The lowest BCUT2D eigenvalue weighted by Crippen LogP contribution is -2.02. The van der Waals surface area contributed by atoms with Crippen LogP contribution >= 0.6 is 0 Å². The molecule has 1 unspecified atom stereocenters. The Kier molecular flexibility index (Phi) is 7.96. The SMILES string of the molecule is CCCc1ccccc1-c1cccc(-c2ccc3[nH]c4ccc(C/C5=C/Cc6ccccc6CC(C)CC5)cc4c3c2)c1C. The molecule has 6 aromatic rings. The van der Waals surface area contributed by atoms with Gasteiger partial charge in [-0.1, -0.05) is 111 Å². The molecule has 0 saturated heterocycles. The van der Waals surface area contributed by atoms with Crippen LogP contribution in [-0.2, 0) is 25.7 Å². The maximum atomic E-state index is 3.69. The predicted octanol–water partition coefficient (Wildman–Crippen LogP) is 11.6. The number of aromatic amines is 1. The minimum Gasteiger partial charge on any atom is -0.355 e. The number of hydrogen-bond acceptors (Lipinski definition) is 0. The fourth-order valence-electron chi connectivity index (χ4n) is 7.38. The second-order valence-electron chi connectivity index (χ2n) is 13.0. The number of aryl methyl sites for hydroxylation is 1. The topological polar surface area (TPSA) is 15.8 Å². The van der Waals surface area contributed by atoms with Crippen LogP contribution in [0.4, 0.5) is 0 Å².